The molecule has 0 bridgehead atoms. The van der Waals surface area contributed by atoms with E-state index in [0.29, 0.717) is 6.04 Å². The van der Waals surface area contributed by atoms with E-state index in [1.165, 1.54) is 37.0 Å². The smallest absolute Gasteiger partial charge is 0.00927 e. The van der Waals surface area contributed by atoms with Gasteiger partial charge in [0.1, 0.15) is 0 Å². The molecular formula is C15H27NS. The molecule has 1 nitrogen and oxygen atoms in total. The lowest BCUT2D eigenvalue weighted by Crippen LogP contribution is -2.35. The van der Waals surface area contributed by atoms with Crippen molar-refractivity contribution in [2.75, 3.05) is 6.54 Å². The van der Waals surface area contributed by atoms with Gasteiger partial charge in [-0.15, -0.1) is 11.3 Å². The molecular weight excluding hydrogens is 226 g/mol. The number of rotatable bonds is 9. The molecule has 0 radical (unpaired) electrons. The van der Waals surface area contributed by atoms with Crippen LogP contribution in [0.4, 0.5) is 0 Å². The van der Waals surface area contributed by atoms with Gasteiger partial charge in [0.15, 0.2) is 0 Å². The van der Waals surface area contributed by atoms with E-state index in [-0.39, 0.29) is 0 Å². The van der Waals surface area contributed by atoms with E-state index in [4.69, 9.17) is 0 Å². The summed E-state index contributed by atoms with van der Waals surface area (Å²) in [6, 6.07) is 5.11. The monoisotopic (exact) mass is 253 g/mol. The summed E-state index contributed by atoms with van der Waals surface area (Å²) in [6.07, 6.45) is 6.38. The highest BCUT2D eigenvalue weighted by Crippen LogP contribution is 2.17. The van der Waals surface area contributed by atoms with Gasteiger partial charge in [0, 0.05) is 10.9 Å². The second-order valence-corrected chi connectivity index (χ2v) is 5.95. The summed E-state index contributed by atoms with van der Waals surface area (Å²) < 4.78 is 0. The Morgan fingerprint density at radius 1 is 1.35 bits per heavy atom. The lowest BCUT2D eigenvalue weighted by atomic mass is 9.94. The molecule has 1 N–H and O–H groups in total. The largest absolute Gasteiger partial charge is 0.314 e. The van der Waals surface area contributed by atoms with Gasteiger partial charge in [-0.1, -0.05) is 33.3 Å². The maximum atomic E-state index is 3.70. The first-order valence-electron chi connectivity index (χ1n) is 7.03. The second kappa shape index (κ2) is 8.71. The van der Waals surface area contributed by atoms with Crippen molar-refractivity contribution < 1.29 is 0 Å². The highest BCUT2D eigenvalue weighted by molar-refractivity contribution is 7.09. The molecule has 1 aromatic heterocycles. The molecule has 1 aromatic rings. The Kier molecular flexibility index (Phi) is 7.54. The van der Waals surface area contributed by atoms with Crippen LogP contribution in [-0.4, -0.2) is 12.6 Å². The van der Waals surface area contributed by atoms with Gasteiger partial charge in [-0.05, 0) is 49.6 Å². The molecule has 2 heteroatoms. The van der Waals surface area contributed by atoms with Crippen LogP contribution < -0.4 is 5.32 Å². The molecule has 0 spiro atoms. The van der Waals surface area contributed by atoms with Gasteiger partial charge in [-0.3, -0.25) is 0 Å². The maximum Gasteiger partial charge on any atom is 0.00927 e. The first-order chi connectivity index (χ1) is 8.27. The van der Waals surface area contributed by atoms with Crippen molar-refractivity contribution in [2.24, 2.45) is 5.92 Å². The Morgan fingerprint density at radius 2 is 2.18 bits per heavy atom. The maximum absolute atomic E-state index is 3.70. The van der Waals surface area contributed by atoms with E-state index in [0.717, 1.165) is 12.5 Å². The van der Waals surface area contributed by atoms with Crippen molar-refractivity contribution >= 4 is 11.3 Å². The molecule has 0 amide bonds. The fourth-order valence-electron chi connectivity index (χ4n) is 2.15. The van der Waals surface area contributed by atoms with Crippen LogP contribution in [0.1, 0.15) is 51.3 Å². The standard InChI is InChI=1S/C15H27NS/c1-4-11-16-15(13(3)5-2)10-6-8-14-9-7-12-17-14/h7,9,12-13,15-16H,4-6,8,10-11H2,1-3H3. The van der Waals surface area contributed by atoms with E-state index in [2.05, 4.69) is 43.6 Å². The molecule has 1 heterocycles. The quantitative estimate of drug-likeness (QED) is 0.684. The summed E-state index contributed by atoms with van der Waals surface area (Å²) in [5.74, 6) is 0.796. The van der Waals surface area contributed by atoms with Gasteiger partial charge in [-0.2, -0.15) is 0 Å². The van der Waals surface area contributed by atoms with Crippen molar-refractivity contribution in [1.82, 2.24) is 5.32 Å². The molecule has 17 heavy (non-hydrogen) atoms. The number of thiophene rings is 1. The summed E-state index contributed by atoms with van der Waals surface area (Å²) in [4.78, 5) is 1.53. The molecule has 0 saturated heterocycles. The predicted molar refractivity (Wildman–Crippen MR) is 78.8 cm³/mol. The van der Waals surface area contributed by atoms with E-state index in [1.54, 1.807) is 0 Å². The summed E-state index contributed by atoms with van der Waals surface area (Å²) >= 11 is 1.89. The van der Waals surface area contributed by atoms with Gasteiger partial charge in [0.2, 0.25) is 0 Å². The van der Waals surface area contributed by atoms with Crippen LogP contribution in [0.5, 0.6) is 0 Å². The summed E-state index contributed by atoms with van der Waals surface area (Å²) in [5, 5.41) is 5.88. The molecule has 0 aliphatic carbocycles. The van der Waals surface area contributed by atoms with Crippen molar-refractivity contribution in [3.05, 3.63) is 22.4 Å². The van der Waals surface area contributed by atoms with E-state index in [9.17, 15) is 0 Å². The second-order valence-electron chi connectivity index (χ2n) is 4.92. The lowest BCUT2D eigenvalue weighted by molar-refractivity contribution is 0.342. The van der Waals surface area contributed by atoms with Crippen molar-refractivity contribution in [2.45, 2.75) is 58.9 Å². The third-order valence-electron chi connectivity index (χ3n) is 3.51. The average molecular weight is 253 g/mol. The number of nitrogens with one attached hydrogen (secondary N) is 1. The zero-order chi connectivity index (χ0) is 12.5. The zero-order valence-corrected chi connectivity index (χ0v) is 12.4. The van der Waals surface area contributed by atoms with Crippen LogP contribution in [0.2, 0.25) is 0 Å². The molecule has 0 saturated carbocycles. The third kappa shape index (κ3) is 5.69. The lowest BCUT2D eigenvalue weighted by Gasteiger charge is -2.24. The molecule has 1 rings (SSSR count). The third-order valence-corrected chi connectivity index (χ3v) is 4.44. The van der Waals surface area contributed by atoms with E-state index >= 15 is 0 Å². The molecule has 0 aliphatic heterocycles. The Morgan fingerprint density at radius 3 is 2.76 bits per heavy atom. The Hall–Kier alpha value is -0.340. The number of hydrogen-bond donors (Lipinski definition) is 1. The van der Waals surface area contributed by atoms with Crippen molar-refractivity contribution in [1.29, 1.82) is 0 Å². The predicted octanol–water partition coefficient (Wildman–Crippen LogP) is 4.49. The van der Waals surface area contributed by atoms with Crippen LogP contribution in [-0.2, 0) is 6.42 Å². The highest BCUT2D eigenvalue weighted by Gasteiger charge is 2.14. The van der Waals surface area contributed by atoms with Crippen LogP contribution >= 0.6 is 11.3 Å². The SMILES string of the molecule is CCCNC(CCCc1cccs1)C(C)CC. The van der Waals surface area contributed by atoms with E-state index < -0.39 is 0 Å². The Bertz CT molecular complexity index is 268. The van der Waals surface area contributed by atoms with Crippen molar-refractivity contribution in [3.63, 3.8) is 0 Å². The number of aryl methyl sites for hydroxylation is 1. The minimum absolute atomic E-state index is 0.708. The Balaban J connectivity index is 2.27. The van der Waals surface area contributed by atoms with Crippen LogP contribution in [0.25, 0.3) is 0 Å². The van der Waals surface area contributed by atoms with Crippen LogP contribution in [0.3, 0.4) is 0 Å². The fraction of sp³-hybridized carbons (Fsp3) is 0.733. The van der Waals surface area contributed by atoms with E-state index in [1.807, 2.05) is 11.3 Å². The first-order valence-corrected chi connectivity index (χ1v) is 7.91. The molecule has 2 unspecified atom stereocenters. The van der Waals surface area contributed by atoms with Crippen LogP contribution in [0, 0.1) is 5.92 Å². The first kappa shape index (κ1) is 14.7. The topological polar surface area (TPSA) is 12.0 Å². The fourth-order valence-corrected chi connectivity index (χ4v) is 2.90. The normalized spacial score (nSPS) is 14.8. The van der Waals surface area contributed by atoms with Gasteiger partial charge in [0.25, 0.3) is 0 Å². The summed E-state index contributed by atoms with van der Waals surface area (Å²) in [7, 11) is 0. The van der Waals surface area contributed by atoms with Gasteiger partial charge < -0.3 is 5.32 Å². The van der Waals surface area contributed by atoms with Gasteiger partial charge >= 0.3 is 0 Å². The molecule has 0 fully saturated rings. The molecule has 2 atom stereocenters. The summed E-state index contributed by atoms with van der Waals surface area (Å²) in [5.41, 5.74) is 0. The highest BCUT2D eigenvalue weighted by atomic mass is 32.1. The van der Waals surface area contributed by atoms with Gasteiger partial charge in [-0.25, -0.2) is 0 Å². The minimum atomic E-state index is 0.708. The van der Waals surface area contributed by atoms with Crippen molar-refractivity contribution in [3.8, 4) is 0 Å². The molecule has 0 aromatic carbocycles. The van der Waals surface area contributed by atoms with Crippen LogP contribution in [0.15, 0.2) is 17.5 Å². The van der Waals surface area contributed by atoms with Gasteiger partial charge in [0.05, 0.1) is 0 Å². The summed E-state index contributed by atoms with van der Waals surface area (Å²) in [6.45, 7) is 8.07. The number of hydrogen-bond acceptors (Lipinski definition) is 2. The Labute approximate surface area is 111 Å². The average Bonchev–Trinajstić information content (AvgIpc) is 2.85. The minimum Gasteiger partial charge on any atom is -0.314 e. The zero-order valence-electron chi connectivity index (χ0n) is 11.5. The molecule has 98 valence electrons. The molecule has 0 aliphatic rings.